The first-order chi connectivity index (χ1) is 10.6. The molecule has 0 unspecified atom stereocenters. The molecule has 2 N–H and O–H groups in total. The van der Waals surface area contributed by atoms with Gasteiger partial charge in [0.05, 0.1) is 18.0 Å². The van der Waals surface area contributed by atoms with Gasteiger partial charge >= 0.3 is 5.97 Å². The van der Waals surface area contributed by atoms with Gasteiger partial charge in [0, 0.05) is 6.20 Å². The second-order valence-electron chi connectivity index (χ2n) is 6.61. The van der Waals surface area contributed by atoms with E-state index in [4.69, 9.17) is 5.11 Å². The number of carboxylic acid groups (broad SMARTS) is 1. The molecule has 0 aliphatic heterocycles. The Kier molecular flexibility index (Phi) is 4.18. The molecule has 0 saturated heterocycles. The zero-order valence-corrected chi connectivity index (χ0v) is 12.8. The monoisotopic (exact) mass is 305 g/mol. The van der Waals surface area contributed by atoms with E-state index in [0.29, 0.717) is 11.7 Å². The van der Waals surface area contributed by atoms with Crippen molar-refractivity contribution in [3.05, 3.63) is 18.0 Å². The quantitative estimate of drug-likeness (QED) is 0.875. The Morgan fingerprint density at radius 2 is 1.95 bits per heavy atom. The van der Waals surface area contributed by atoms with E-state index in [1.807, 2.05) is 4.68 Å². The Morgan fingerprint density at radius 3 is 2.59 bits per heavy atom. The van der Waals surface area contributed by atoms with Gasteiger partial charge in [0.1, 0.15) is 5.69 Å². The lowest BCUT2D eigenvalue weighted by molar-refractivity contribution is -0.138. The van der Waals surface area contributed by atoms with Crippen LogP contribution in [0.5, 0.6) is 0 Å². The first kappa shape index (κ1) is 15.1. The molecule has 1 amide bonds. The number of nitrogens with zero attached hydrogens (tertiary/aromatic N) is 2. The van der Waals surface area contributed by atoms with Crippen molar-refractivity contribution in [1.82, 2.24) is 15.1 Å². The van der Waals surface area contributed by atoms with Crippen LogP contribution in [-0.2, 0) is 4.79 Å². The summed E-state index contributed by atoms with van der Waals surface area (Å²) in [5.41, 5.74) is -0.0307. The van der Waals surface area contributed by atoms with Crippen LogP contribution in [0.15, 0.2) is 12.3 Å². The zero-order chi connectivity index (χ0) is 15.6. The predicted octanol–water partition coefficient (Wildman–Crippen LogP) is 2.52. The molecule has 120 valence electrons. The average Bonchev–Trinajstić information content (AvgIpc) is 3.19. The predicted molar refractivity (Wildman–Crippen MR) is 80.7 cm³/mol. The van der Waals surface area contributed by atoms with E-state index in [2.05, 4.69) is 10.4 Å². The van der Waals surface area contributed by atoms with Crippen molar-refractivity contribution in [2.24, 2.45) is 0 Å². The third kappa shape index (κ3) is 3.00. The topological polar surface area (TPSA) is 84.2 Å². The number of hydrogen-bond acceptors (Lipinski definition) is 3. The molecule has 2 saturated carbocycles. The van der Waals surface area contributed by atoms with E-state index in [9.17, 15) is 9.59 Å². The highest BCUT2D eigenvalue weighted by Gasteiger charge is 2.38. The summed E-state index contributed by atoms with van der Waals surface area (Å²) in [5.74, 6) is -1.04. The number of aromatic nitrogens is 2. The minimum atomic E-state index is -0.855. The number of carbonyl (C=O) groups is 2. The highest BCUT2D eigenvalue weighted by Crippen LogP contribution is 2.34. The van der Waals surface area contributed by atoms with Crippen molar-refractivity contribution < 1.29 is 14.7 Å². The van der Waals surface area contributed by atoms with Gasteiger partial charge in [-0.3, -0.25) is 14.3 Å². The first-order valence-electron chi connectivity index (χ1n) is 8.17. The summed E-state index contributed by atoms with van der Waals surface area (Å²) in [5, 5.41) is 16.5. The molecule has 22 heavy (non-hydrogen) atoms. The third-order valence-corrected chi connectivity index (χ3v) is 5.00. The maximum Gasteiger partial charge on any atom is 0.305 e. The second kappa shape index (κ2) is 6.10. The van der Waals surface area contributed by atoms with Crippen LogP contribution in [0.25, 0.3) is 0 Å². The number of carboxylic acids is 1. The third-order valence-electron chi connectivity index (χ3n) is 5.00. The lowest BCUT2D eigenvalue weighted by Crippen LogP contribution is -2.48. The lowest BCUT2D eigenvalue weighted by Gasteiger charge is -2.29. The van der Waals surface area contributed by atoms with Crippen molar-refractivity contribution in [2.45, 2.75) is 69.4 Å². The number of nitrogens with one attached hydrogen (secondary N) is 1. The molecular formula is C16H23N3O3. The molecule has 2 aliphatic rings. The van der Waals surface area contributed by atoms with E-state index in [-0.39, 0.29) is 12.3 Å². The van der Waals surface area contributed by atoms with Crippen molar-refractivity contribution >= 4 is 11.9 Å². The smallest absolute Gasteiger partial charge is 0.305 e. The summed E-state index contributed by atoms with van der Waals surface area (Å²) in [6.07, 6.45) is 9.53. The molecule has 3 rings (SSSR count). The Labute approximate surface area is 129 Å². The van der Waals surface area contributed by atoms with E-state index in [1.165, 1.54) is 12.8 Å². The maximum atomic E-state index is 12.7. The summed E-state index contributed by atoms with van der Waals surface area (Å²) in [7, 11) is 0. The standard InChI is InChI=1S/C16H23N3O3/c20-14(21)11-16(8-3-4-9-16)18-15(22)13-7-10-17-19(13)12-5-1-2-6-12/h7,10,12H,1-6,8-9,11H2,(H,18,22)(H,20,21). The highest BCUT2D eigenvalue weighted by atomic mass is 16.4. The zero-order valence-electron chi connectivity index (χ0n) is 12.8. The molecule has 2 aliphatic carbocycles. The fraction of sp³-hybridized carbons (Fsp3) is 0.688. The van der Waals surface area contributed by atoms with E-state index >= 15 is 0 Å². The summed E-state index contributed by atoms with van der Waals surface area (Å²) < 4.78 is 1.83. The fourth-order valence-electron chi connectivity index (χ4n) is 3.93. The SMILES string of the molecule is O=C(O)CC1(NC(=O)c2ccnn2C2CCCC2)CCCC1. The van der Waals surface area contributed by atoms with Gasteiger partial charge in [0.25, 0.3) is 5.91 Å². The van der Waals surface area contributed by atoms with Gasteiger partial charge in [0.2, 0.25) is 0 Å². The number of aliphatic carboxylic acids is 1. The van der Waals surface area contributed by atoms with Crippen LogP contribution in [0.4, 0.5) is 0 Å². The molecule has 0 atom stereocenters. The summed E-state index contributed by atoms with van der Waals surface area (Å²) >= 11 is 0. The fourth-order valence-corrected chi connectivity index (χ4v) is 3.93. The molecule has 0 bridgehead atoms. The molecule has 1 aromatic rings. The Hall–Kier alpha value is -1.85. The molecular weight excluding hydrogens is 282 g/mol. The Balaban J connectivity index is 1.76. The van der Waals surface area contributed by atoms with Gasteiger partial charge in [0.15, 0.2) is 0 Å². The van der Waals surface area contributed by atoms with Crippen molar-refractivity contribution in [3.8, 4) is 0 Å². The summed E-state index contributed by atoms with van der Waals surface area (Å²) in [4.78, 5) is 23.8. The Morgan fingerprint density at radius 1 is 1.27 bits per heavy atom. The summed E-state index contributed by atoms with van der Waals surface area (Å²) in [6, 6.07) is 2.03. The van der Waals surface area contributed by atoms with Crippen LogP contribution < -0.4 is 5.32 Å². The number of hydrogen-bond donors (Lipinski definition) is 2. The molecule has 0 radical (unpaired) electrons. The molecule has 6 nitrogen and oxygen atoms in total. The number of amides is 1. The lowest BCUT2D eigenvalue weighted by atomic mass is 9.93. The number of carbonyl (C=O) groups excluding carboxylic acids is 1. The van der Waals surface area contributed by atoms with E-state index < -0.39 is 11.5 Å². The molecule has 1 aromatic heterocycles. The average molecular weight is 305 g/mol. The normalized spacial score (nSPS) is 21.1. The van der Waals surface area contributed by atoms with Crippen LogP contribution in [0, 0.1) is 0 Å². The Bertz CT molecular complexity index is 555. The maximum absolute atomic E-state index is 12.7. The van der Waals surface area contributed by atoms with E-state index in [1.54, 1.807) is 12.3 Å². The van der Waals surface area contributed by atoms with Crippen LogP contribution in [0.3, 0.4) is 0 Å². The number of rotatable bonds is 5. The van der Waals surface area contributed by atoms with Gasteiger partial charge in [-0.15, -0.1) is 0 Å². The van der Waals surface area contributed by atoms with Gasteiger partial charge in [-0.25, -0.2) is 0 Å². The minimum Gasteiger partial charge on any atom is -0.481 e. The molecule has 1 heterocycles. The summed E-state index contributed by atoms with van der Waals surface area (Å²) in [6.45, 7) is 0. The van der Waals surface area contributed by atoms with Crippen molar-refractivity contribution in [3.63, 3.8) is 0 Å². The highest BCUT2D eigenvalue weighted by molar-refractivity contribution is 5.93. The molecule has 0 aromatic carbocycles. The van der Waals surface area contributed by atoms with Crippen LogP contribution in [0.1, 0.15) is 74.3 Å². The molecule has 6 heteroatoms. The van der Waals surface area contributed by atoms with Crippen LogP contribution in [-0.4, -0.2) is 32.3 Å². The van der Waals surface area contributed by atoms with E-state index in [0.717, 1.165) is 38.5 Å². The second-order valence-corrected chi connectivity index (χ2v) is 6.61. The largest absolute Gasteiger partial charge is 0.481 e. The van der Waals surface area contributed by atoms with Crippen molar-refractivity contribution in [2.75, 3.05) is 0 Å². The van der Waals surface area contributed by atoms with Gasteiger partial charge < -0.3 is 10.4 Å². The van der Waals surface area contributed by atoms with Gasteiger partial charge in [-0.05, 0) is 31.7 Å². The first-order valence-corrected chi connectivity index (χ1v) is 8.17. The van der Waals surface area contributed by atoms with Gasteiger partial charge in [-0.2, -0.15) is 5.10 Å². The molecule has 0 spiro atoms. The van der Waals surface area contributed by atoms with Gasteiger partial charge in [-0.1, -0.05) is 25.7 Å². The van der Waals surface area contributed by atoms with Crippen LogP contribution >= 0.6 is 0 Å². The van der Waals surface area contributed by atoms with Crippen molar-refractivity contribution in [1.29, 1.82) is 0 Å². The molecule has 2 fully saturated rings. The van der Waals surface area contributed by atoms with Crippen LogP contribution in [0.2, 0.25) is 0 Å². The minimum absolute atomic E-state index is 0.00366.